The second kappa shape index (κ2) is 7.33. The van der Waals surface area contributed by atoms with Gasteiger partial charge >= 0.3 is 0 Å². The molecule has 0 aliphatic heterocycles. The molecule has 23 heavy (non-hydrogen) atoms. The lowest BCUT2D eigenvalue weighted by atomic mass is 10.1. The zero-order chi connectivity index (χ0) is 16.1. The number of aryl methyl sites for hydroxylation is 1. The Morgan fingerprint density at radius 1 is 1.26 bits per heavy atom. The molecule has 0 aliphatic carbocycles. The molecule has 0 spiro atoms. The first-order valence-corrected chi connectivity index (χ1v) is 8.55. The molecule has 0 radical (unpaired) electrons. The van der Waals surface area contributed by atoms with E-state index in [0.29, 0.717) is 13.0 Å². The molecule has 3 aromatic rings. The van der Waals surface area contributed by atoms with Crippen LogP contribution >= 0.6 is 11.3 Å². The van der Waals surface area contributed by atoms with Gasteiger partial charge in [-0.3, -0.25) is 9.78 Å². The Morgan fingerprint density at radius 3 is 2.91 bits per heavy atom. The molecular weight excluding hydrogens is 306 g/mol. The van der Waals surface area contributed by atoms with Crippen LogP contribution in [-0.4, -0.2) is 22.4 Å². The van der Waals surface area contributed by atoms with Crippen molar-refractivity contribution in [3.8, 4) is 0 Å². The summed E-state index contributed by atoms with van der Waals surface area (Å²) >= 11 is 1.70. The lowest BCUT2D eigenvalue weighted by molar-refractivity contribution is -0.121. The summed E-state index contributed by atoms with van der Waals surface area (Å²) in [4.78, 5) is 20.7. The minimum Gasteiger partial charge on any atom is -0.355 e. The summed E-state index contributed by atoms with van der Waals surface area (Å²) in [6.45, 7) is 2.71. The van der Waals surface area contributed by atoms with Crippen LogP contribution in [0.1, 0.15) is 29.8 Å². The quantitative estimate of drug-likeness (QED) is 0.754. The van der Waals surface area contributed by atoms with Crippen molar-refractivity contribution >= 4 is 27.5 Å². The zero-order valence-electron chi connectivity index (χ0n) is 13.0. The topological polar surface area (TPSA) is 54.9 Å². The molecule has 0 bridgehead atoms. The first kappa shape index (κ1) is 15.6. The molecule has 0 saturated carbocycles. The van der Waals surface area contributed by atoms with Crippen LogP contribution in [0.4, 0.5) is 0 Å². The van der Waals surface area contributed by atoms with Gasteiger partial charge < -0.3 is 5.32 Å². The number of pyridine rings is 1. The molecule has 118 valence electrons. The van der Waals surface area contributed by atoms with Gasteiger partial charge in [-0.05, 0) is 30.2 Å². The fraction of sp³-hybridized carbons (Fsp3) is 0.278. The highest BCUT2D eigenvalue weighted by Crippen LogP contribution is 2.26. The van der Waals surface area contributed by atoms with Gasteiger partial charge in [0.25, 0.3) is 0 Å². The predicted molar refractivity (Wildman–Crippen MR) is 93.6 cm³/mol. The summed E-state index contributed by atoms with van der Waals surface area (Å²) in [6, 6.07) is 12.0. The maximum absolute atomic E-state index is 12.0. The number of carbonyl (C=O) groups excluding carboxylic acids is 1. The van der Waals surface area contributed by atoms with Gasteiger partial charge in [-0.2, -0.15) is 0 Å². The standard InChI is InChI=1S/C18H19N3OS/c1-13(18-21-15-6-2-3-7-16(15)23-18)11-20-17(22)9-8-14-5-4-10-19-12-14/h2-7,10,12-13H,8-9,11H2,1H3,(H,20,22). The molecular formula is C18H19N3OS. The third-order valence-corrected chi connectivity index (χ3v) is 4.97. The SMILES string of the molecule is CC(CNC(=O)CCc1cccnc1)c1nc2ccccc2s1. The monoisotopic (exact) mass is 325 g/mol. The minimum atomic E-state index is 0.0711. The lowest BCUT2D eigenvalue weighted by Crippen LogP contribution is -2.27. The van der Waals surface area contributed by atoms with E-state index in [1.807, 2.05) is 30.3 Å². The average Bonchev–Trinajstić information content (AvgIpc) is 3.03. The Labute approximate surface area is 139 Å². The van der Waals surface area contributed by atoms with E-state index in [4.69, 9.17) is 0 Å². The van der Waals surface area contributed by atoms with Gasteiger partial charge in [-0.25, -0.2) is 4.98 Å². The summed E-state index contributed by atoms with van der Waals surface area (Å²) in [5.41, 5.74) is 2.11. The van der Waals surface area contributed by atoms with Crippen LogP contribution in [0, 0.1) is 0 Å². The summed E-state index contributed by atoms with van der Waals surface area (Å²) in [7, 11) is 0. The Kier molecular flexibility index (Phi) is 4.98. The van der Waals surface area contributed by atoms with Crippen LogP contribution in [0.25, 0.3) is 10.2 Å². The van der Waals surface area contributed by atoms with Gasteiger partial charge in [0.15, 0.2) is 0 Å². The number of nitrogens with zero attached hydrogens (tertiary/aromatic N) is 2. The van der Waals surface area contributed by atoms with Crippen molar-refractivity contribution in [2.75, 3.05) is 6.54 Å². The molecule has 0 aliphatic rings. The molecule has 3 rings (SSSR count). The van der Waals surface area contributed by atoms with Crippen molar-refractivity contribution < 1.29 is 4.79 Å². The van der Waals surface area contributed by atoms with E-state index in [1.165, 1.54) is 4.70 Å². The molecule has 1 unspecified atom stereocenters. The summed E-state index contributed by atoms with van der Waals surface area (Å²) < 4.78 is 1.19. The van der Waals surface area contributed by atoms with Gasteiger partial charge in [0.2, 0.25) is 5.91 Å². The Bertz CT molecular complexity index is 752. The zero-order valence-corrected chi connectivity index (χ0v) is 13.8. The van der Waals surface area contributed by atoms with Crippen LogP contribution in [-0.2, 0) is 11.2 Å². The van der Waals surface area contributed by atoms with Crippen LogP contribution in [0.5, 0.6) is 0 Å². The third kappa shape index (κ3) is 4.13. The van der Waals surface area contributed by atoms with E-state index < -0.39 is 0 Å². The van der Waals surface area contributed by atoms with E-state index in [2.05, 4.69) is 28.3 Å². The maximum Gasteiger partial charge on any atom is 0.220 e. The van der Waals surface area contributed by atoms with E-state index >= 15 is 0 Å². The van der Waals surface area contributed by atoms with Crippen molar-refractivity contribution in [3.05, 3.63) is 59.4 Å². The number of hydrogen-bond donors (Lipinski definition) is 1. The smallest absolute Gasteiger partial charge is 0.220 e. The number of hydrogen-bond acceptors (Lipinski definition) is 4. The highest BCUT2D eigenvalue weighted by atomic mass is 32.1. The fourth-order valence-corrected chi connectivity index (χ4v) is 3.37. The normalized spacial score (nSPS) is 12.2. The van der Waals surface area contributed by atoms with Gasteiger partial charge in [-0.1, -0.05) is 25.1 Å². The molecule has 2 aromatic heterocycles. The molecule has 4 nitrogen and oxygen atoms in total. The predicted octanol–water partition coefficient (Wildman–Crippen LogP) is 3.54. The highest BCUT2D eigenvalue weighted by molar-refractivity contribution is 7.18. The van der Waals surface area contributed by atoms with E-state index in [1.54, 1.807) is 23.7 Å². The van der Waals surface area contributed by atoms with E-state index in [9.17, 15) is 4.79 Å². The molecule has 5 heteroatoms. The van der Waals surface area contributed by atoms with Crippen molar-refractivity contribution in [1.82, 2.24) is 15.3 Å². The van der Waals surface area contributed by atoms with Crippen LogP contribution < -0.4 is 5.32 Å². The van der Waals surface area contributed by atoms with E-state index in [-0.39, 0.29) is 11.8 Å². The van der Waals surface area contributed by atoms with Gasteiger partial charge in [-0.15, -0.1) is 11.3 Å². The number of nitrogens with one attached hydrogen (secondary N) is 1. The van der Waals surface area contributed by atoms with Crippen molar-refractivity contribution in [1.29, 1.82) is 0 Å². The van der Waals surface area contributed by atoms with Crippen molar-refractivity contribution in [2.24, 2.45) is 0 Å². The van der Waals surface area contributed by atoms with Gasteiger partial charge in [0, 0.05) is 31.3 Å². The number of para-hydroxylation sites is 1. The first-order valence-electron chi connectivity index (χ1n) is 7.73. The summed E-state index contributed by atoms with van der Waals surface area (Å²) in [5, 5.41) is 4.07. The maximum atomic E-state index is 12.0. The average molecular weight is 325 g/mol. The third-order valence-electron chi connectivity index (χ3n) is 3.70. The number of amides is 1. The Morgan fingerprint density at radius 2 is 2.13 bits per heavy atom. The number of aromatic nitrogens is 2. The Hall–Kier alpha value is -2.27. The largest absolute Gasteiger partial charge is 0.355 e. The molecule has 0 saturated heterocycles. The van der Waals surface area contributed by atoms with E-state index in [0.717, 1.165) is 22.5 Å². The second-order valence-corrected chi connectivity index (χ2v) is 6.65. The molecule has 1 aromatic carbocycles. The molecule has 2 heterocycles. The van der Waals surface area contributed by atoms with Crippen molar-refractivity contribution in [3.63, 3.8) is 0 Å². The number of carbonyl (C=O) groups is 1. The van der Waals surface area contributed by atoms with Crippen LogP contribution in [0.15, 0.2) is 48.8 Å². The van der Waals surface area contributed by atoms with Gasteiger partial charge in [0.1, 0.15) is 0 Å². The molecule has 1 N–H and O–H groups in total. The fourth-order valence-electron chi connectivity index (χ4n) is 2.35. The number of thiazole rings is 1. The number of rotatable bonds is 6. The lowest BCUT2D eigenvalue weighted by Gasteiger charge is -2.10. The van der Waals surface area contributed by atoms with Crippen molar-refractivity contribution in [2.45, 2.75) is 25.7 Å². The van der Waals surface area contributed by atoms with Crippen LogP contribution in [0.3, 0.4) is 0 Å². The van der Waals surface area contributed by atoms with Crippen LogP contribution in [0.2, 0.25) is 0 Å². The summed E-state index contributed by atoms with van der Waals surface area (Å²) in [5.74, 6) is 0.288. The number of fused-ring (bicyclic) bond motifs is 1. The summed E-state index contributed by atoms with van der Waals surface area (Å²) in [6.07, 6.45) is 4.74. The highest BCUT2D eigenvalue weighted by Gasteiger charge is 2.12. The first-order chi connectivity index (χ1) is 11.2. The Balaban J connectivity index is 1.50. The number of benzene rings is 1. The minimum absolute atomic E-state index is 0.0711. The molecule has 0 fully saturated rings. The molecule has 1 amide bonds. The second-order valence-electron chi connectivity index (χ2n) is 5.59. The van der Waals surface area contributed by atoms with Gasteiger partial charge in [0.05, 0.1) is 15.2 Å². The molecule has 1 atom stereocenters.